The van der Waals surface area contributed by atoms with Crippen molar-refractivity contribution in [3.05, 3.63) is 187 Å². The standard InChI is InChI=1S/C42H30ClN/c43-37-22-16-36(17-23-37)42-30-40(28-29-41(42)35-14-8-3-9-15-35)44(38-24-18-33(19-25-38)31-10-4-1-5-11-31)39-26-20-34(21-27-39)32-12-6-2-7-13-32/h1-30H. The van der Waals surface area contributed by atoms with Crippen LogP contribution in [0.3, 0.4) is 0 Å². The van der Waals surface area contributed by atoms with Gasteiger partial charge in [0, 0.05) is 22.1 Å². The number of anilines is 3. The van der Waals surface area contributed by atoms with Crippen molar-refractivity contribution in [1.29, 1.82) is 0 Å². The summed E-state index contributed by atoms with van der Waals surface area (Å²) in [4.78, 5) is 2.33. The molecule has 2 heteroatoms. The molecule has 0 aliphatic rings. The Morgan fingerprint density at radius 1 is 0.295 bits per heavy atom. The quantitative estimate of drug-likeness (QED) is 0.180. The van der Waals surface area contributed by atoms with Crippen LogP contribution >= 0.6 is 11.6 Å². The van der Waals surface area contributed by atoms with Crippen LogP contribution in [0.4, 0.5) is 17.1 Å². The van der Waals surface area contributed by atoms with Crippen molar-refractivity contribution in [3.63, 3.8) is 0 Å². The van der Waals surface area contributed by atoms with E-state index in [4.69, 9.17) is 11.6 Å². The Labute approximate surface area is 264 Å². The molecule has 0 N–H and O–H groups in total. The molecule has 0 aromatic heterocycles. The fourth-order valence-electron chi connectivity index (χ4n) is 5.72. The number of hydrogen-bond acceptors (Lipinski definition) is 1. The third-order valence-electron chi connectivity index (χ3n) is 7.97. The van der Waals surface area contributed by atoms with Crippen molar-refractivity contribution < 1.29 is 0 Å². The van der Waals surface area contributed by atoms with Crippen molar-refractivity contribution >= 4 is 28.7 Å². The van der Waals surface area contributed by atoms with Crippen LogP contribution in [0.25, 0.3) is 44.5 Å². The second kappa shape index (κ2) is 12.5. The molecule has 0 aliphatic carbocycles. The molecule has 0 radical (unpaired) electrons. The van der Waals surface area contributed by atoms with Crippen LogP contribution < -0.4 is 4.90 Å². The summed E-state index contributed by atoms with van der Waals surface area (Å²) in [5.41, 5.74) is 12.7. The predicted molar refractivity (Wildman–Crippen MR) is 188 cm³/mol. The van der Waals surface area contributed by atoms with Gasteiger partial charge >= 0.3 is 0 Å². The molecule has 0 spiro atoms. The number of hydrogen-bond donors (Lipinski definition) is 0. The van der Waals surface area contributed by atoms with Crippen molar-refractivity contribution in [2.45, 2.75) is 0 Å². The molecular formula is C42H30ClN. The molecule has 7 rings (SSSR count). The van der Waals surface area contributed by atoms with Gasteiger partial charge in [-0.2, -0.15) is 0 Å². The monoisotopic (exact) mass is 583 g/mol. The van der Waals surface area contributed by atoms with Crippen molar-refractivity contribution in [2.75, 3.05) is 4.90 Å². The van der Waals surface area contributed by atoms with E-state index < -0.39 is 0 Å². The van der Waals surface area contributed by atoms with Gasteiger partial charge in [0.1, 0.15) is 0 Å². The van der Waals surface area contributed by atoms with Gasteiger partial charge in [0.05, 0.1) is 0 Å². The molecule has 0 unspecified atom stereocenters. The summed E-state index contributed by atoms with van der Waals surface area (Å²) in [6.07, 6.45) is 0. The minimum absolute atomic E-state index is 0.727. The SMILES string of the molecule is Clc1ccc(-c2cc(N(c3ccc(-c4ccccc4)cc3)c3ccc(-c4ccccc4)cc3)ccc2-c2ccccc2)cc1. The molecule has 44 heavy (non-hydrogen) atoms. The summed E-state index contributed by atoms with van der Waals surface area (Å²) in [6.45, 7) is 0. The maximum atomic E-state index is 6.30. The highest BCUT2D eigenvalue weighted by atomic mass is 35.5. The van der Waals surface area contributed by atoms with Crippen LogP contribution in [-0.4, -0.2) is 0 Å². The molecule has 1 nitrogen and oxygen atoms in total. The maximum Gasteiger partial charge on any atom is 0.0468 e. The van der Waals surface area contributed by atoms with Gasteiger partial charge in [0.2, 0.25) is 0 Å². The lowest BCUT2D eigenvalue weighted by Gasteiger charge is -2.27. The molecule has 7 aromatic carbocycles. The van der Waals surface area contributed by atoms with Gasteiger partial charge in [-0.25, -0.2) is 0 Å². The lowest BCUT2D eigenvalue weighted by atomic mass is 9.93. The zero-order valence-corrected chi connectivity index (χ0v) is 24.9. The Balaban J connectivity index is 1.37. The van der Waals surface area contributed by atoms with Crippen molar-refractivity contribution in [3.8, 4) is 44.5 Å². The molecule has 0 bridgehead atoms. The molecule has 0 heterocycles. The second-order valence-corrected chi connectivity index (χ2v) is 11.2. The van der Waals surface area contributed by atoms with E-state index in [1.54, 1.807) is 0 Å². The lowest BCUT2D eigenvalue weighted by Crippen LogP contribution is -2.10. The minimum atomic E-state index is 0.727. The fraction of sp³-hybridized carbons (Fsp3) is 0. The van der Waals surface area contributed by atoms with E-state index in [0.29, 0.717) is 0 Å². The van der Waals surface area contributed by atoms with Crippen LogP contribution in [0.1, 0.15) is 0 Å². The molecular weight excluding hydrogens is 554 g/mol. The average molecular weight is 584 g/mol. The summed E-state index contributed by atoms with van der Waals surface area (Å²) in [5.74, 6) is 0. The first kappa shape index (κ1) is 27.5. The first-order chi connectivity index (χ1) is 21.7. The van der Waals surface area contributed by atoms with Crippen molar-refractivity contribution in [2.24, 2.45) is 0 Å². The first-order valence-electron chi connectivity index (χ1n) is 14.8. The van der Waals surface area contributed by atoms with E-state index in [0.717, 1.165) is 33.2 Å². The second-order valence-electron chi connectivity index (χ2n) is 10.8. The Bertz CT molecular complexity index is 1880. The third kappa shape index (κ3) is 5.79. The van der Waals surface area contributed by atoms with E-state index in [1.165, 1.54) is 33.4 Å². The summed E-state index contributed by atoms with van der Waals surface area (Å²) >= 11 is 6.30. The molecule has 0 fully saturated rings. The molecule has 0 saturated carbocycles. The van der Waals surface area contributed by atoms with Gasteiger partial charge in [-0.05, 0) is 93.0 Å². The van der Waals surface area contributed by atoms with Gasteiger partial charge in [0.25, 0.3) is 0 Å². The minimum Gasteiger partial charge on any atom is -0.310 e. The van der Waals surface area contributed by atoms with Gasteiger partial charge in [-0.3, -0.25) is 0 Å². The predicted octanol–water partition coefficient (Wildman–Crippen LogP) is 12.5. The topological polar surface area (TPSA) is 3.24 Å². The zero-order valence-electron chi connectivity index (χ0n) is 24.1. The normalized spacial score (nSPS) is 10.8. The van der Waals surface area contributed by atoms with Crippen LogP contribution in [-0.2, 0) is 0 Å². The van der Waals surface area contributed by atoms with Gasteiger partial charge in [-0.15, -0.1) is 0 Å². The highest BCUT2D eigenvalue weighted by Gasteiger charge is 2.17. The third-order valence-corrected chi connectivity index (χ3v) is 8.22. The van der Waals surface area contributed by atoms with Crippen LogP contribution in [0.15, 0.2) is 182 Å². The molecule has 7 aromatic rings. The summed E-state index contributed by atoms with van der Waals surface area (Å²) in [5, 5.41) is 0.727. The van der Waals surface area contributed by atoms with E-state index >= 15 is 0 Å². The van der Waals surface area contributed by atoms with E-state index in [-0.39, 0.29) is 0 Å². The van der Waals surface area contributed by atoms with E-state index in [2.05, 4.69) is 175 Å². The summed E-state index contributed by atoms with van der Waals surface area (Å²) < 4.78 is 0. The van der Waals surface area contributed by atoms with E-state index in [9.17, 15) is 0 Å². The fourth-order valence-corrected chi connectivity index (χ4v) is 5.85. The molecule has 210 valence electrons. The zero-order chi connectivity index (χ0) is 29.7. The highest BCUT2D eigenvalue weighted by Crippen LogP contribution is 2.41. The van der Waals surface area contributed by atoms with Gasteiger partial charge in [0.15, 0.2) is 0 Å². The van der Waals surface area contributed by atoms with Crippen molar-refractivity contribution in [1.82, 2.24) is 0 Å². The molecule has 0 amide bonds. The smallest absolute Gasteiger partial charge is 0.0468 e. The first-order valence-corrected chi connectivity index (χ1v) is 15.2. The van der Waals surface area contributed by atoms with Crippen LogP contribution in [0.2, 0.25) is 5.02 Å². The Hall–Kier alpha value is -5.37. The molecule has 0 aliphatic heterocycles. The van der Waals surface area contributed by atoms with Gasteiger partial charge < -0.3 is 4.90 Å². The number of benzene rings is 7. The Kier molecular flexibility index (Phi) is 7.78. The number of nitrogens with zero attached hydrogens (tertiary/aromatic N) is 1. The maximum absolute atomic E-state index is 6.30. The number of rotatable bonds is 7. The Morgan fingerprint density at radius 3 is 1.14 bits per heavy atom. The highest BCUT2D eigenvalue weighted by molar-refractivity contribution is 6.30. The molecule has 0 atom stereocenters. The van der Waals surface area contributed by atoms with E-state index in [1.807, 2.05) is 12.1 Å². The average Bonchev–Trinajstić information content (AvgIpc) is 3.10. The van der Waals surface area contributed by atoms with Gasteiger partial charge in [-0.1, -0.05) is 145 Å². The van der Waals surface area contributed by atoms with Crippen LogP contribution in [0.5, 0.6) is 0 Å². The molecule has 0 saturated heterocycles. The summed E-state index contributed by atoms with van der Waals surface area (Å²) in [6, 6.07) is 64.1. The lowest BCUT2D eigenvalue weighted by molar-refractivity contribution is 1.28. The largest absolute Gasteiger partial charge is 0.310 e. The van der Waals surface area contributed by atoms with Crippen LogP contribution in [0, 0.1) is 0 Å². The number of halogens is 1. The Morgan fingerprint density at radius 2 is 0.659 bits per heavy atom. The summed E-state index contributed by atoms with van der Waals surface area (Å²) in [7, 11) is 0.